The van der Waals surface area contributed by atoms with E-state index in [1.54, 1.807) is 0 Å². The van der Waals surface area contributed by atoms with Crippen LogP contribution in [-0.2, 0) is 0 Å². The van der Waals surface area contributed by atoms with Crippen LogP contribution in [0.3, 0.4) is 0 Å². The quantitative estimate of drug-likeness (QED) is 0.400. The van der Waals surface area contributed by atoms with Gasteiger partial charge in [-0.2, -0.15) is 0 Å². The molecule has 0 aliphatic carbocycles. The molecule has 0 amide bonds. The van der Waals surface area contributed by atoms with Gasteiger partial charge in [0.25, 0.3) is 0 Å². The van der Waals surface area contributed by atoms with E-state index in [-0.39, 0.29) is 12.4 Å². The SMILES string of the molecule is Cl.O=[N+]([O-])c1cccc(O)c1O. The number of nitro benzene ring substituents is 1. The molecule has 0 atom stereocenters. The van der Waals surface area contributed by atoms with Gasteiger partial charge in [-0.3, -0.25) is 10.1 Å². The summed E-state index contributed by atoms with van der Waals surface area (Å²) in [5, 5.41) is 27.8. The van der Waals surface area contributed by atoms with Gasteiger partial charge in [0.15, 0.2) is 5.75 Å². The molecule has 0 heterocycles. The van der Waals surface area contributed by atoms with Gasteiger partial charge >= 0.3 is 5.69 Å². The fourth-order valence-corrected chi connectivity index (χ4v) is 0.667. The second-order valence-corrected chi connectivity index (χ2v) is 1.90. The van der Waals surface area contributed by atoms with Crippen molar-refractivity contribution in [3.63, 3.8) is 0 Å². The fourth-order valence-electron chi connectivity index (χ4n) is 0.667. The Kier molecular flexibility index (Phi) is 3.30. The highest BCUT2D eigenvalue weighted by Crippen LogP contribution is 2.33. The molecule has 0 saturated heterocycles. The van der Waals surface area contributed by atoms with Gasteiger partial charge in [0.05, 0.1) is 4.92 Å². The Labute approximate surface area is 73.8 Å². The number of hydrogen-bond donors (Lipinski definition) is 2. The van der Waals surface area contributed by atoms with Gasteiger partial charge in [0.1, 0.15) is 0 Å². The summed E-state index contributed by atoms with van der Waals surface area (Å²) in [7, 11) is 0. The lowest BCUT2D eigenvalue weighted by molar-refractivity contribution is -0.386. The third-order valence-electron chi connectivity index (χ3n) is 1.19. The predicted molar refractivity (Wildman–Crippen MR) is 43.7 cm³/mol. The van der Waals surface area contributed by atoms with Gasteiger partial charge in [0, 0.05) is 6.07 Å². The standard InChI is InChI=1S/C6H5NO4.ClH/c8-5-3-1-2-4(6(5)9)7(10)11;/h1-3,8-9H;1H. The smallest absolute Gasteiger partial charge is 0.314 e. The number of hydrogen-bond acceptors (Lipinski definition) is 4. The Hall–Kier alpha value is -1.49. The summed E-state index contributed by atoms with van der Waals surface area (Å²) < 4.78 is 0. The van der Waals surface area contributed by atoms with Crippen LogP contribution in [0, 0.1) is 10.1 Å². The van der Waals surface area contributed by atoms with Crippen molar-refractivity contribution in [1.82, 2.24) is 0 Å². The molecule has 0 aromatic heterocycles. The molecule has 5 nitrogen and oxygen atoms in total. The lowest BCUT2D eigenvalue weighted by Crippen LogP contribution is -1.87. The first-order valence-corrected chi connectivity index (χ1v) is 2.78. The van der Waals surface area contributed by atoms with Crippen LogP contribution in [0.25, 0.3) is 0 Å². The molecule has 0 spiro atoms. The number of rotatable bonds is 1. The van der Waals surface area contributed by atoms with Gasteiger partial charge in [0.2, 0.25) is 5.75 Å². The third kappa shape index (κ3) is 1.76. The van der Waals surface area contributed by atoms with Crippen LogP contribution < -0.4 is 0 Å². The van der Waals surface area contributed by atoms with Gasteiger partial charge in [-0.15, -0.1) is 12.4 Å². The second-order valence-electron chi connectivity index (χ2n) is 1.90. The van der Waals surface area contributed by atoms with E-state index in [1.807, 2.05) is 0 Å². The maximum Gasteiger partial charge on any atom is 0.314 e. The summed E-state index contributed by atoms with van der Waals surface area (Å²) in [5.74, 6) is -1.18. The van der Waals surface area contributed by atoms with Crippen molar-refractivity contribution in [2.45, 2.75) is 0 Å². The fraction of sp³-hybridized carbons (Fsp3) is 0. The first-order chi connectivity index (χ1) is 5.13. The number of phenols is 2. The largest absolute Gasteiger partial charge is 0.504 e. The lowest BCUT2D eigenvalue weighted by atomic mass is 10.3. The van der Waals surface area contributed by atoms with Crippen molar-refractivity contribution >= 4 is 18.1 Å². The van der Waals surface area contributed by atoms with Crippen LogP contribution in [0.1, 0.15) is 0 Å². The Balaban J connectivity index is 0.00000121. The molecule has 0 fully saturated rings. The highest BCUT2D eigenvalue weighted by molar-refractivity contribution is 5.85. The van der Waals surface area contributed by atoms with E-state index in [2.05, 4.69) is 0 Å². The number of nitrogens with zero attached hydrogens (tertiary/aromatic N) is 1. The molecule has 12 heavy (non-hydrogen) atoms. The van der Waals surface area contributed by atoms with Crippen LogP contribution >= 0.6 is 12.4 Å². The van der Waals surface area contributed by atoms with Crippen molar-refractivity contribution in [3.8, 4) is 11.5 Å². The molecule has 2 N–H and O–H groups in total. The number of aromatic hydroxyl groups is 2. The zero-order valence-electron chi connectivity index (χ0n) is 5.80. The van der Waals surface area contributed by atoms with Gasteiger partial charge in [-0.25, -0.2) is 0 Å². The van der Waals surface area contributed by atoms with Crippen molar-refractivity contribution in [2.24, 2.45) is 0 Å². The minimum Gasteiger partial charge on any atom is -0.504 e. The third-order valence-corrected chi connectivity index (χ3v) is 1.19. The molecule has 6 heteroatoms. The topological polar surface area (TPSA) is 83.6 Å². The molecular weight excluding hydrogens is 186 g/mol. The van der Waals surface area contributed by atoms with Gasteiger partial charge in [-0.1, -0.05) is 6.07 Å². The maximum absolute atomic E-state index is 10.1. The Morgan fingerprint density at radius 1 is 1.33 bits per heavy atom. The molecule has 1 aromatic carbocycles. The zero-order valence-corrected chi connectivity index (χ0v) is 6.61. The van der Waals surface area contributed by atoms with E-state index >= 15 is 0 Å². The van der Waals surface area contributed by atoms with Crippen LogP contribution in [0.15, 0.2) is 18.2 Å². The molecule has 0 radical (unpaired) electrons. The summed E-state index contributed by atoms with van der Waals surface area (Å²) >= 11 is 0. The predicted octanol–water partition coefficient (Wildman–Crippen LogP) is 1.43. The summed E-state index contributed by atoms with van der Waals surface area (Å²) in [6.45, 7) is 0. The molecule has 0 bridgehead atoms. The van der Waals surface area contributed by atoms with Crippen molar-refractivity contribution in [1.29, 1.82) is 0 Å². The summed E-state index contributed by atoms with van der Waals surface area (Å²) in [4.78, 5) is 9.34. The zero-order chi connectivity index (χ0) is 8.43. The van der Waals surface area contributed by atoms with E-state index in [0.29, 0.717) is 0 Å². The molecule has 66 valence electrons. The van der Waals surface area contributed by atoms with Crippen molar-refractivity contribution in [3.05, 3.63) is 28.3 Å². The first-order valence-electron chi connectivity index (χ1n) is 2.78. The van der Waals surface area contributed by atoms with E-state index in [4.69, 9.17) is 10.2 Å². The summed E-state index contributed by atoms with van der Waals surface area (Å²) in [6, 6.07) is 3.56. The minimum atomic E-state index is -0.769. The normalized spacial score (nSPS) is 8.67. The van der Waals surface area contributed by atoms with Crippen LogP contribution in [0.2, 0.25) is 0 Å². The number of phenolic OH excluding ortho intramolecular Hbond substituents is 2. The number of benzene rings is 1. The molecule has 0 saturated carbocycles. The molecular formula is C6H6ClNO4. The van der Waals surface area contributed by atoms with Gasteiger partial charge in [-0.05, 0) is 6.07 Å². The Bertz CT molecular complexity index is 302. The molecule has 0 unspecified atom stereocenters. The van der Waals surface area contributed by atoms with E-state index < -0.39 is 22.1 Å². The van der Waals surface area contributed by atoms with Gasteiger partial charge < -0.3 is 10.2 Å². The lowest BCUT2D eigenvalue weighted by Gasteiger charge is -1.96. The van der Waals surface area contributed by atoms with Crippen molar-refractivity contribution < 1.29 is 15.1 Å². The molecule has 0 aliphatic heterocycles. The molecule has 0 aliphatic rings. The van der Waals surface area contributed by atoms with E-state index in [0.717, 1.165) is 6.07 Å². The minimum absolute atomic E-state index is 0. The van der Waals surface area contributed by atoms with Crippen molar-refractivity contribution in [2.75, 3.05) is 0 Å². The highest BCUT2D eigenvalue weighted by atomic mass is 35.5. The monoisotopic (exact) mass is 191 g/mol. The van der Waals surface area contributed by atoms with E-state index in [9.17, 15) is 10.1 Å². The maximum atomic E-state index is 10.1. The summed E-state index contributed by atoms with van der Waals surface area (Å²) in [6.07, 6.45) is 0. The number of para-hydroxylation sites is 1. The summed E-state index contributed by atoms with van der Waals surface area (Å²) in [5.41, 5.74) is -0.495. The molecule has 1 rings (SSSR count). The first kappa shape index (κ1) is 10.5. The van der Waals surface area contributed by atoms with Crippen LogP contribution in [0.4, 0.5) is 5.69 Å². The number of halogens is 1. The Morgan fingerprint density at radius 2 is 1.92 bits per heavy atom. The average molecular weight is 192 g/mol. The van der Waals surface area contributed by atoms with Crippen LogP contribution in [-0.4, -0.2) is 15.1 Å². The average Bonchev–Trinajstić information content (AvgIpc) is 1.94. The molecule has 1 aromatic rings. The van der Waals surface area contributed by atoms with E-state index in [1.165, 1.54) is 12.1 Å². The highest BCUT2D eigenvalue weighted by Gasteiger charge is 2.14. The number of nitro groups is 1. The Morgan fingerprint density at radius 3 is 2.33 bits per heavy atom. The van der Waals surface area contributed by atoms with Crippen LogP contribution in [0.5, 0.6) is 11.5 Å². The second kappa shape index (κ2) is 3.77.